The van der Waals surface area contributed by atoms with Gasteiger partial charge in [0.05, 0.1) is 0 Å². The lowest BCUT2D eigenvalue weighted by Crippen LogP contribution is -2.33. The lowest BCUT2D eigenvalue weighted by Gasteiger charge is -2.28. The Kier molecular flexibility index (Phi) is 5.68. The monoisotopic (exact) mass is 300 g/mol. The van der Waals surface area contributed by atoms with E-state index in [1.165, 1.54) is 25.6 Å². The van der Waals surface area contributed by atoms with Gasteiger partial charge in [0.15, 0.2) is 0 Å². The second-order valence-electron chi connectivity index (χ2n) is 4.39. The van der Waals surface area contributed by atoms with Gasteiger partial charge in [-0.2, -0.15) is 0 Å². The fraction of sp³-hybridized carbons (Fsp3) is 0.667. The van der Waals surface area contributed by atoms with E-state index in [2.05, 4.69) is 51.6 Å². The van der Waals surface area contributed by atoms with Gasteiger partial charge in [0.25, 0.3) is 0 Å². The Hall–Kier alpha value is -0.840. The van der Waals surface area contributed by atoms with Crippen molar-refractivity contribution < 1.29 is 0 Å². The molecule has 2 N–H and O–H groups in total. The number of hydrogen-bond donors (Lipinski definition) is 1. The van der Waals surface area contributed by atoms with E-state index in [9.17, 15) is 0 Å². The van der Waals surface area contributed by atoms with Crippen LogP contribution in [0.25, 0.3) is 0 Å². The zero-order valence-corrected chi connectivity index (χ0v) is 12.4. The van der Waals surface area contributed by atoms with Crippen LogP contribution in [-0.2, 0) is 0 Å². The van der Waals surface area contributed by atoms with E-state index in [1.807, 2.05) is 0 Å². The van der Waals surface area contributed by atoms with E-state index in [0.29, 0.717) is 11.9 Å². The van der Waals surface area contributed by atoms with Crippen molar-refractivity contribution in [2.24, 2.45) is 0 Å². The average Bonchev–Trinajstić information content (AvgIpc) is 2.29. The molecule has 96 valence electrons. The molecule has 0 bridgehead atoms. The Balaban J connectivity index is 2.86. The maximum absolute atomic E-state index is 5.79. The van der Waals surface area contributed by atoms with Gasteiger partial charge in [-0.05, 0) is 36.2 Å². The quantitative estimate of drug-likeness (QED) is 0.820. The van der Waals surface area contributed by atoms with Gasteiger partial charge in [0, 0.05) is 12.6 Å². The Bertz CT molecular complexity index is 354. The molecule has 0 saturated carbocycles. The molecule has 0 fully saturated rings. The molecule has 0 spiro atoms. The molecular formula is C12H21BrN4. The van der Waals surface area contributed by atoms with Crippen molar-refractivity contribution >= 4 is 27.6 Å². The highest BCUT2D eigenvalue weighted by Crippen LogP contribution is 2.28. The van der Waals surface area contributed by atoms with Gasteiger partial charge in [0.1, 0.15) is 22.4 Å². The highest BCUT2D eigenvalue weighted by atomic mass is 79.9. The van der Waals surface area contributed by atoms with Crippen molar-refractivity contribution in [1.29, 1.82) is 0 Å². The third-order valence-electron chi connectivity index (χ3n) is 2.70. The first-order chi connectivity index (χ1) is 8.07. The molecule has 1 aromatic rings. The molecule has 0 aliphatic rings. The van der Waals surface area contributed by atoms with E-state index in [0.717, 1.165) is 16.8 Å². The first kappa shape index (κ1) is 14.2. The summed E-state index contributed by atoms with van der Waals surface area (Å²) in [5, 5.41) is 0. The van der Waals surface area contributed by atoms with Crippen molar-refractivity contribution in [1.82, 2.24) is 9.97 Å². The number of rotatable bonds is 6. The minimum absolute atomic E-state index is 0.400. The van der Waals surface area contributed by atoms with E-state index in [4.69, 9.17) is 5.73 Å². The molecule has 4 nitrogen and oxygen atoms in total. The summed E-state index contributed by atoms with van der Waals surface area (Å²) in [4.78, 5) is 10.6. The third kappa shape index (κ3) is 3.84. The summed E-state index contributed by atoms with van der Waals surface area (Å²) in [5.74, 6) is 1.39. The standard InChI is InChI=1S/C12H21BrN4/c1-4-5-6-7-17(9(2)3)12-10(13)11(14)15-8-16-12/h8-9H,4-7H2,1-3H3,(H2,14,15,16). The number of nitrogen functional groups attached to an aromatic ring is 1. The van der Waals surface area contributed by atoms with Crippen LogP contribution in [0.3, 0.4) is 0 Å². The Morgan fingerprint density at radius 2 is 2.06 bits per heavy atom. The number of nitrogens with two attached hydrogens (primary N) is 1. The SMILES string of the molecule is CCCCCN(c1ncnc(N)c1Br)C(C)C. The Morgan fingerprint density at radius 3 is 2.65 bits per heavy atom. The van der Waals surface area contributed by atoms with Crippen molar-refractivity contribution in [3.8, 4) is 0 Å². The van der Waals surface area contributed by atoms with Crippen molar-refractivity contribution in [3.63, 3.8) is 0 Å². The van der Waals surface area contributed by atoms with Gasteiger partial charge >= 0.3 is 0 Å². The van der Waals surface area contributed by atoms with Crippen molar-refractivity contribution in [2.75, 3.05) is 17.2 Å². The van der Waals surface area contributed by atoms with E-state index >= 15 is 0 Å². The number of nitrogens with zero attached hydrogens (tertiary/aromatic N) is 3. The van der Waals surface area contributed by atoms with E-state index < -0.39 is 0 Å². The summed E-state index contributed by atoms with van der Waals surface area (Å²) < 4.78 is 0.796. The molecule has 0 saturated heterocycles. The number of halogens is 1. The summed E-state index contributed by atoms with van der Waals surface area (Å²) in [5.41, 5.74) is 5.79. The van der Waals surface area contributed by atoms with Gasteiger partial charge in [0.2, 0.25) is 0 Å². The third-order valence-corrected chi connectivity index (χ3v) is 3.46. The predicted octanol–water partition coefficient (Wildman–Crippen LogP) is 3.23. The van der Waals surface area contributed by atoms with Gasteiger partial charge in [-0.1, -0.05) is 19.8 Å². The van der Waals surface area contributed by atoms with Crippen LogP contribution in [-0.4, -0.2) is 22.6 Å². The zero-order chi connectivity index (χ0) is 12.8. The largest absolute Gasteiger partial charge is 0.383 e. The summed E-state index contributed by atoms with van der Waals surface area (Å²) >= 11 is 3.47. The molecule has 0 aliphatic heterocycles. The molecule has 5 heteroatoms. The van der Waals surface area contributed by atoms with Crippen LogP contribution in [0.15, 0.2) is 10.8 Å². The van der Waals surface area contributed by atoms with Gasteiger partial charge in [-0.15, -0.1) is 0 Å². The number of hydrogen-bond acceptors (Lipinski definition) is 4. The molecule has 0 atom stereocenters. The summed E-state index contributed by atoms with van der Waals surface area (Å²) in [7, 11) is 0. The lowest BCUT2D eigenvalue weighted by atomic mass is 10.2. The minimum atomic E-state index is 0.400. The summed E-state index contributed by atoms with van der Waals surface area (Å²) in [6.45, 7) is 7.53. The van der Waals surface area contributed by atoms with Gasteiger partial charge < -0.3 is 10.6 Å². The summed E-state index contributed by atoms with van der Waals surface area (Å²) in [6.07, 6.45) is 5.15. The fourth-order valence-corrected chi connectivity index (χ4v) is 2.15. The predicted molar refractivity (Wildman–Crippen MR) is 76.2 cm³/mol. The first-order valence-corrected chi connectivity index (χ1v) is 6.89. The summed E-state index contributed by atoms with van der Waals surface area (Å²) in [6, 6.07) is 0.400. The molecule has 0 unspecified atom stereocenters. The second kappa shape index (κ2) is 6.79. The number of anilines is 2. The van der Waals surface area contributed by atoms with Crippen molar-refractivity contribution in [2.45, 2.75) is 46.1 Å². The van der Waals surface area contributed by atoms with Crippen LogP contribution in [0.2, 0.25) is 0 Å². The zero-order valence-electron chi connectivity index (χ0n) is 10.8. The topological polar surface area (TPSA) is 55.0 Å². The lowest BCUT2D eigenvalue weighted by molar-refractivity contribution is 0.618. The molecular weight excluding hydrogens is 280 g/mol. The molecule has 0 radical (unpaired) electrons. The molecule has 0 amide bonds. The maximum Gasteiger partial charge on any atom is 0.148 e. The van der Waals surface area contributed by atoms with Crippen LogP contribution in [0.4, 0.5) is 11.6 Å². The number of unbranched alkanes of at least 4 members (excludes halogenated alkanes) is 2. The molecule has 0 aromatic carbocycles. The number of aromatic nitrogens is 2. The molecule has 17 heavy (non-hydrogen) atoms. The molecule has 1 rings (SSSR count). The first-order valence-electron chi connectivity index (χ1n) is 6.10. The smallest absolute Gasteiger partial charge is 0.148 e. The molecule has 1 heterocycles. The Morgan fingerprint density at radius 1 is 1.35 bits per heavy atom. The van der Waals surface area contributed by atoms with E-state index in [-0.39, 0.29) is 0 Å². The molecule has 0 aliphatic carbocycles. The molecule has 1 aromatic heterocycles. The van der Waals surface area contributed by atoms with Gasteiger partial charge in [-0.25, -0.2) is 9.97 Å². The average molecular weight is 301 g/mol. The van der Waals surface area contributed by atoms with Crippen molar-refractivity contribution in [3.05, 3.63) is 10.8 Å². The minimum Gasteiger partial charge on any atom is -0.383 e. The van der Waals surface area contributed by atoms with Crippen LogP contribution in [0, 0.1) is 0 Å². The Labute approximate surface area is 112 Å². The van der Waals surface area contributed by atoms with Crippen LogP contribution < -0.4 is 10.6 Å². The van der Waals surface area contributed by atoms with E-state index in [1.54, 1.807) is 0 Å². The maximum atomic E-state index is 5.79. The van der Waals surface area contributed by atoms with Crippen LogP contribution in [0.1, 0.15) is 40.0 Å². The van der Waals surface area contributed by atoms with Gasteiger partial charge in [-0.3, -0.25) is 0 Å². The fourth-order valence-electron chi connectivity index (χ4n) is 1.71. The highest BCUT2D eigenvalue weighted by Gasteiger charge is 2.16. The van der Waals surface area contributed by atoms with Crippen LogP contribution >= 0.6 is 15.9 Å². The second-order valence-corrected chi connectivity index (χ2v) is 5.18. The normalized spacial score (nSPS) is 10.9. The highest BCUT2D eigenvalue weighted by molar-refractivity contribution is 9.10. The van der Waals surface area contributed by atoms with Crippen LogP contribution in [0.5, 0.6) is 0 Å².